The third-order valence-corrected chi connectivity index (χ3v) is 1.19. The van der Waals surface area contributed by atoms with Gasteiger partial charge in [-0.1, -0.05) is 0 Å². The summed E-state index contributed by atoms with van der Waals surface area (Å²) in [6.45, 7) is 3.47. The predicted molar refractivity (Wildman–Crippen MR) is 41.2 cm³/mol. The van der Waals surface area contributed by atoms with Crippen molar-refractivity contribution in [1.82, 2.24) is 0 Å². The molecular weight excluding hydrogens is 145 g/mol. The van der Waals surface area contributed by atoms with Crippen molar-refractivity contribution in [3.8, 4) is 0 Å². The van der Waals surface area contributed by atoms with Gasteiger partial charge in [-0.25, -0.2) is 0 Å². The van der Waals surface area contributed by atoms with Crippen LogP contribution in [0.2, 0.25) is 0 Å². The van der Waals surface area contributed by atoms with Crippen LogP contribution in [0.4, 0.5) is 0 Å². The van der Waals surface area contributed by atoms with E-state index in [1.165, 1.54) is 0 Å². The van der Waals surface area contributed by atoms with Crippen molar-refractivity contribution in [2.45, 2.75) is 19.9 Å². The van der Waals surface area contributed by atoms with Crippen LogP contribution in [0.15, 0.2) is 4.99 Å². The van der Waals surface area contributed by atoms with E-state index in [0.29, 0.717) is 7.15 Å². The molecule has 1 N–H and O–H groups in total. The number of aliphatic imine (C=N–C) groups is 1. The van der Waals surface area contributed by atoms with E-state index in [1.54, 1.807) is 13.8 Å². The predicted octanol–water partition coefficient (Wildman–Crippen LogP) is 0.174. The number of carbonyl (C=O) groups is 1. The Morgan fingerprint density at radius 1 is 1.64 bits per heavy atom. The summed E-state index contributed by atoms with van der Waals surface area (Å²) >= 11 is 0. The molecule has 0 aromatic rings. The first-order valence-electron chi connectivity index (χ1n) is 3.29. The SMILES string of the molecule is CC(C)[C@H](/N=C/B=O)C(=O)O. The molecule has 0 bridgehead atoms. The molecule has 0 aliphatic rings. The van der Waals surface area contributed by atoms with Crippen molar-refractivity contribution in [3.05, 3.63) is 0 Å². The molecule has 0 rings (SSSR count). The summed E-state index contributed by atoms with van der Waals surface area (Å²) < 4.78 is 9.81. The second-order valence-corrected chi connectivity index (χ2v) is 2.46. The molecule has 60 valence electrons. The first-order valence-corrected chi connectivity index (χ1v) is 3.29. The van der Waals surface area contributed by atoms with Gasteiger partial charge in [-0.3, -0.25) is 0 Å². The Kier molecular flexibility index (Phi) is 4.33. The van der Waals surface area contributed by atoms with Crippen molar-refractivity contribution in [3.63, 3.8) is 0 Å². The third-order valence-electron chi connectivity index (χ3n) is 1.19. The van der Waals surface area contributed by atoms with Crippen molar-refractivity contribution in [1.29, 1.82) is 0 Å². The molecule has 0 aliphatic heterocycles. The number of carboxylic acids is 1. The summed E-state index contributed by atoms with van der Waals surface area (Å²) in [7, 11) is 0.471. The fraction of sp³-hybridized carbons (Fsp3) is 0.667. The van der Waals surface area contributed by atoms with E-state index >= 15 is 0 Å². The van der Waals surface area contributed by atoms with Gasteiger partial charge in [-0.05, 0) is 0 Å². The molecule has 5 heteroatoms. The Labute approximate surface area is 65.6 Å². The van der Waals surface area contributed by atoms with Gasteiger partial charge in [-0.2, -0.15) is 0 Å². The summed E-state index contributed by atoms with van der Waals surface area (Å²) in [5, 5.41) is 8.54. The van der Waals surface area contributed by atoms with Crippen molar-refractivity contribution < 1.29 is 14.6 Å². The summed E-state index contributed by atoms with van der Waals surface area (Å²) in [5.41, 5.74) is 0. The van der Waals surface area contributed by atoms with E-state index in [2.05, 4.69) is 4.99 Å². The van der Waals surface area contributed by atoms with Gasteiger partial charge in [-0.15, -0.1) is 0 Å². The van der Waals surface area contributed by atoms with Crippen LogP contribution in [0.25, 0.3) is 0 Å². The fourth-order valence-electron chi connectivity index (χ4n) is 0.649. The number of carboxylic acid groups (broad SMARTS) is 1. The molecule has 0 aromatic carbocycles. The zero-order valence-corrected chi connectivity index (χ0v) is 6.52. The molecule has 0 amide bonds. The number of nitrogens with zero attached hydrogens (tertiary/aromatic N) is 1. The van der Waals surface area contributed by atoms with Gasteiger partial charge in [0.1, 0.15) is 0 Å². The monoisotopic (exact) mass is 155 g/mol. The molecule has 0 aliphatic carbocycles. The van der Waals surface area contributed by atoms with E-state index in [9.17, 15) is 9.50 Å². The molecular formula is C6H10BNO3. The number of hydrogen-bond acceptors (Lipinski definition) is 3. The Morgan fingerprint density at radius 3 is 2.45 bits per heavy atom. The third kappa shape index (κ3) is 3.65. The fourth-order valence-corrected chi connectivity index (χ4v) is 0.649. The quantitative estimate of drug-likeness (QED) is 0.464. The van der Waals surface area contributed by atoms with Gasteiger partial charge < -0.3 is 0 Å². The molecule has 0 radical (unpaired) electrons. The van der Waals surface area contributed by atoms with Crippen LogP contribution in [0, 0.1) is 5.92 Å². The molecule has 11 heavy (non-hydrogen) atoms. The summed E-state index contributed by atoms with van der Waals surface area (Å²) in [4.78, 5) is 14.0. The van der Waals surface area contributed by atoms with Gasteiger partial charge >= 0.3 is 64.6 Å². The molecule has 0 saturated carbocycles. The van der Waals surface area contributed by atoms with E-state index in [1.807, 2.05) is 0 Å². The Bertz CT molecular complexity index is 179. The molecule has 0 heterocycles. The van der Waals surface area contributed by atoms with Gasteiger partial charge in [0.2, 0.25) is 0 Å². The maximum absolute atomic E-state index is 10.4. The molecule has 0 aromatic heterocycles. The number of hydrogen-bond donors (Lipinski definition) is 1. The van der Waals surface area contributed by atoms with E-state index in [-0.39, 0.29) is 5.92 Å². The van der Waals surface area contributed by atoms with E-state index in [4.69, 9.17) is 5.11 Å². The van der Waals surface area contributed by atoms with Gasteiger partial charge in [0, 0.05) is 0 Å². The van der Waals surface area contributed by atoms with Gasteiger partial charge in [0.15, 0.2) is 0 Å². The molecule has 0 unspecified atom stereocenters. The molecule has 0 spiro atoms. The zero-order chi connectivity index (χ0) is 8.85. The topological polar surface area (TPSA) is 66.7 Å². The Hall–Kier alpha value is -0.995. The second-order valence-electron chi connectivity index (χ2n) is 2.46. The number of aliphatic carboxylic acids is 1. The first-order chi connectivity index (χ1) is 5.09. The van der Waals surface area contributed by atoms with Crippen LogP contribution in [0.3, 0.4) is 0 Å². The van der Waals surface area contributed by atoms with Gasteiger partial charge in [0.05, 0.1) is 0 Å². The molecule has 1 atom stereocenters. The average Bonchev–Trinajstić information content (AvgIpc) is 1.87. The van der Waals surface area contributed by atoms with Gasteiger partial charge in [0.25, 0.3) is 0 Å². The second kappa shape index (κ2) is 4.76. The van der Waals surface area contributed by atoms with Crippen LogP contribution < -0.4 is 0 Å². The number of rotatable bonds is 4. The van der Waals surface area contributed by atoms with Crippen LogP contribution in [0.5, 0.6) is 0 Å². The molecule has 0 fully saturated rings. The van der Waals surface area contributed by atoms with Crippen molar-refractivity contribution >= 4 is 19.2 Å². The van der Waals surface area contributed by atoms with Crippen LogP contribution in [-0.2, 0) is 9.50 Å². The van der Waals surface area contributed by atoms with Crippen LogP contribution in [0.1, 0.15) is 13.8 Å². The maximum atomic E-state index is 10.4. The summed E-state index contributed by atoms with van der Waals surface area (Å²) in [6, 6.07) is -0.805. The normalized spacial score (nSPS) is 13.4. The minimum absolute atomic E-state index is 0.0938. The Morgan fingerprint density at radius 2 is 2.18 bits per heavy atom. The molecule has 4 nitrogen and oxygen atoms in total. The summed E-state index contributed by atoms with van der Waals surface area (Å²) in [5.74, 6) is -1.10. The van der Waals surface area contributed by atoms with Crippen molar-refractivity contribution in [2.75, 3.05) is 0 Å². The summed E-state index contributed by atoms with van der Waals surface area (Å²) in [6.07, 6.45) is 0.971. The first kappa shape index (κ1) is 10.0. The van der Waals surface area contributed by atoms with Crippen molar-refractivity contribution in [2.24, 2.45) is 10.9 Å². The average molecular weight is 155 g/mol. The van der Waals surface area contributed by atoms with E-state index in [0.717, 1.165) is 6.11 Å². The molecule has 0 saturated heterocycles. The van der Waals surface area contributed by atoms with E-state index < -0.39 is 12.0 Å². The minimum atomic E-state index is -1.00. The van der Waals surface area contributed by atoms with Crippen LogP contribution >= 0.6 is 0 Å². The Balaban J connectivity index is 4.22. The van der Waals surface area contributed by atoms with Crippen LogP contribution in [-0.4, -0.2) is 30.4 Å². The standard InChI is InChI=1S/C6H10BNO3/c1-4(2)5(6(9)10)8-3-7-11/h3-5H,1-2H3,(H,9,10)/b8-3+/t5-/m0/s1. The zero-order valence-electron chi connectivity index (χ0n) is 6.52.